The second kappa shape index (κ2) is 10.4. The Morgan fingerprint density at radius 1 is 1.04 bits per heavy atom. The number of hydrogen-bond acceptors (Lipinski definition) is 4. The number of amides is 2. The van der Waals surface area contributed by atoms with E-state index in [0.29, 0.717) is 45.6 Å². The van der Waals surface area contributed by atoms with Gasteiger partial charge < -0.3 is 10.6 Å². The molecule has 3 unspecified atom stereocenters. The van der Waals surface area contributed by atoms with Crippen molar-refractivity contribution < 1.29 is 22.8 Å². The van der Waals surface area contributed by atoms with Crippen LogP contribution in [0.15, 0.2) is 0 Å². The summed E-state index contributed by atoms with van der Waals surface area (Å²) >= 11 is 0. The smallest absolute Gasteiger partial charge is 0.353 e. The zero-order valence-corrected chi connectivity index (χ0v) is 16.9. The van der Waals surface area contributed by atoms with E-state index in [-0.39, 0.29) is 37.2 Å². The molecule has 0 aromatic rings. The van der Waals surface area contributed by atoms with Crippen molar-refractivity contribution >= 4 is 11.8 Å². The predicted molar refractivity (Wildman–Crippen MR) is 101 cm³/mol. The van der Waals surface area contributed by atoms with Crippen molar-refractivity contribution in [3.05, 3.63) is 0 Å². The van der Waals surface area contributed by atoms with Crippen molar-refractivity contribution in [3.8, 4) is 0 Å². The number of carbonyl (C=O) groups is 2. The van der Waals surface area contributed by atoms with Gasteiger partial charge in [-0.05, 0) is 32.6 Å². The highest BCUT2D eigenvalue weighted by Crippen LogP contribution is 2.37. The molecule has 6 nitrogen and oxygen atoms in total. The van der Waals surface area contributed by atoms with Gasteiger partial charge in [-0.1, -0.05) is 13.3 Å². The summed E-state index contributed by atoms with van der Waals surface area (Å²) in [6.45, 7) is 7.26. The monoisotopic (exact) mass is 406 g/mol. The van der Waals surface area contributed by atoms with E-state index >= 15 is 0 Å². The standard InChI is InChI=1S/C19H33F3N4O2/c1-3-14(2)23-17(27)12-25-7-9-26(10-8-25)13-18(28)24-16-6-4-5-15(11-16)19(20,21)22/h14-16H,3-13H2,1-2H3,(H,23,27)(H,24,28). The molecule has 2 fully saturated rings. The molecule has 0 bridgehead atoms. The minimum atomic E-state index is -4.18. The summed E-state index contributed by atoms with van der Waals surface area (Å²) in [5.41, 5.74) is 0. The SMILES string of the molecule is CCC(C)NC(=O)CN1CCN(CC(=O)NC2CCCC(C(F)(F)F)C2)CC1. The van der Waals surface area contributed by atoms with Crippen LogP contribution in [0.25, 0.3) is 0 Å². The van der Waals surface area contributed by atoms with Crippen molar-refractivity contribution in [2.75, 3.05) is 39.3 Å². The molecule has 2 aliphatic rings. The first-order chi connectivity index (χ1) is 13.2. The van der Waals surface area contributed by atoms with Gasteiger partial charge in [0.15, 0.2) is 0 Å². The summed E-state index contributed by atoms with van der Waals surface area (Å²) in [7, 11) is 0. The Balaban J connectivity index is 1.67. The van der Waals surface area contributed by atoms with Gasteiger partial charge in [-0.3, -0.25) is 19.4 Å². The summed E-state index contributed by atoms with van der Waals surface area (Å²) < 4.78 is 38.7. The van der Waals surface area contributed by atoms with Crippen LogP contribution in [0, 0.1) is 5.92 Å². The lowest BCUT2D eigenvalue weighted by Gasteiger charge is -2.35. The largest absolute Gasteiger partial charge is 0.391 e. The molecule has 3 atom stereocenters. The molecular formula is C19H33F3N4O2. The topological polar surface area (TPSA) is 64.7 Å². The van der Waals surface area contributed by atoms with Crippen LogP contribution in [0.1, 0.15) is 46.0 Å². The van der Waals surface area contributed by atoms with E-state index in [2.05, 4.69) is 15.5 Å². The van der Waals surface area contributed by atoms with Crippen molar-refractivity contribution in [1.29, 1.82) is 0 Å². The molecule has 2 N–H and O–H groups in total. The quantitative estimate of drug-likeness (QED) is 0.676. The van der Waals surface area contributed by atoms with Gasteiger partial charge in [0.05, 0.1) is 19.0 Å². The number of nitrogens with one attached hydrogen (secondary N) is 2. The second-order valence-corrected chi connectivity index (χ2v) is 8.10. The second-order valence-electron chi connectivity index (χ2n) is 8.10. The highest BCUT2D eigenvalue weighted by atomic mass is 19.4. The Bertz CT molecular complexity index is 522. The van der Waals surface area contributed by atoms with Gasteiger partial charge >= 0.3 is 6.18 Å². The van der Waals surface area contributed by atoms with Crippen LogP contribution >= 0.6 is 0 Å². The number of halogens is 3. The number of alkyl halides is 3. The molecule has 2 rings (SSSR count). The fraction of sp³-hybridized carbons (Fsp3) is 0.895. The van der Waals surface area contributed by atoms with E-state index in [1.165, 1.54) is 0 Å². The zero-order valence-electron chi connectivity index (χ0n) is 16.9. The highest BCUT2D eigenvalue weighted by molar-refractivity contribution is 5.79. The van der Waals surface area contributed by atoms with E-state index in [1.807, 2.05) is 18.7 Å². The molecule has 1 heterocycles. The molecule has 1 saturated carbocycles. The van der Waals surface area contributed by atoms with Crippen LogP contribution in [0.4, 0.5) is 13.2 Å². The van der Waals surface area contributed by atoms with Gasteiger partial charge in [-0.15, -0.1) is 0 Å². The molecule has 0 spiro atoms. The van der Waals surface area contributed by atoms with E-state index in [4.69, 9.17) is 0 Å². The summed E-state index contributed by atoms with van der Waals surface area (Å²) in [4.78, 5) is 28.2. The van der Waals surface area contributed by atoms with Crippen LogP contribution in [-0.4, -0.2) is 79.1 Å². The normalized spacial score (nSPS) is 25.9. The first kappa shape index (κ1) is 22.9. The first-order valence-corrected chi connectivity index (χ1v) is 10.3. The Kier molecular flexibility index (Phi) is 8.55. The highest BCUT2D eigenvalue weighted by Gasteiger charge is 2.42. The number of carbonyl (C=O) groups excluding carboxylic acids is 2. The van der Waals surface area contributed by atoms with E-state index in [9.17, 15) is 22.8 Å². The van der Waals surface area contributed by atoms with Gasteiger partial charge in [-0.25, -0.2) is 0 Å². The van der Waals surface area contributed by atoms with Crippen LogP contribution < -0.4 is 10.6 Å². The Labute approximate surface area is 165 Å². The molecule has 1 saturated heterocycles. The molecule has 0 aromatic carbocycles. The average Bonchev–Trinajstić information content (AvgIpc) is 2.62. The summed E-state index contributed by atoms with van der Waals surface area (Å²) in [6.07, 6.45) is -2.05. The third-order valence-electron chi connectivity index (χ3n) is 5.72. The van der Waals surface area contributed by atoms with E-state index in [0.717, 1.165) is 6.42 Å². The molecule has 162 valence electrons. The third-order valence-corrected chi connectivity index (χ3v) is 5.72. The molecule has 0 aromatic heterocycles. The maximum atomic E-state index is 12.9. The number of nitrogens with zero attached hydrogens (tertiary/aromatic N) is 2. The van der Waals surface area contributed by atoms with Crippen molar-refractivity contribution in [2.45, 2.75) is 64.2 Å². The van der Waals surface area contributed by atoms with Crippen LogP contribution in [0.2, 0.25) is 0 Å². The van der Waals surface area contributed by atoms with Gasteiger partial charge in [-0.2, -0.15) is 13.2 Å². The fourth-order valence-electron chi connectivity index (χ4n) is 3.83. The molecule has 9 heteroatoms. The van der Waals surface area contributed by atoms with Crippen molar-refractivity contribution in [1.82, 2.24) is 20.4 Å². The minimum absolute atomic E-state index is 0.0112. The summed E-state index contributed by atoms with van der Waals surface area (Å²) in [6, 6.07) is -0.229. The molecule has 1 aliphatic heterocycles. The number of hydrogen-bond donors (Lipinski definition) is 2. The molecular weight excluding hydrogens is 373 g/mol. The van der Waals surface area contributed by atoms with Gasteiger partial charge in [0.2, 0.25) is 11.8 Å². The van der Waals surface area contributed by atoms with Crippen molar-refractivity contribution in [2.24, 2.45) is 5.92 Å². The molecule has 1 aliphatic carbocycles. The zero-order chi connectivity index (χ0) is 20.7. The molecule has 2 amide bonds. The molecule has 0 radical (unpaired) electrons. The van der Waals surface area contributed by atoms with Gasteiger partial charge in [0.25, 0.3) is 0 Å². The predicted octanol–water partition coefficient (Wildman–Crippen LogP) is 1.76. The van der Waals surface area contributed by atoms with Crippen LogP contribution in [0.5, 0.6) is 0 Å². The Morgan fingerprint density at radius 2 is 1.61 bits per heavy atom. The summed E-state index contributed by atoms with van der Waals surface area (Å²) in [5, 5.41) is 5.72. The fourth-order valence-corrected chi connectivity index (χ4v) is 3.83. The lowest BCUT2D eigenvalue weighted by atomic mass is 9.85. The average molecular weight is 406 g/mol. The first-order valence-electron chi connectivity index (χ1n) is 10.3. The summed E-state index contributed by atoms with van der Waals surface area (Å²) in [5.74, 6) is -1.51. The maximum absolute atomic E-state index is 12.9. The molecule has 28 heavy (non-hydrogen) atoms. The Hall–Kier alpha value is -1.35. The van der Waals surface area contributed by atoms with Gasteiger partial charge in [0, 0.05) is 38.3 Å². The lowest BCUT2D eigenvalue weighted by Crippen LogP contribution is -2.53. The van der Waals surface area contributed by atoms with Gasteiger partial charge in [0.1, 0.15) is 0 Å². The number of rotatable bonds is 7. The van der Waals surface area contributed by atoms with Crippen LogP contribution in [0.3, 0.4) is 0 Å². The van der Waals surface area contributed by atoms with E-state index < -0.39 is 18.1 Å². The number of piperazine rings is 1. The maximum Gasteiger partial charge on any atom is 0.391 e. The van der Waals surface area contributed by atoms with Crippen molar-refractivity contribution in [3.63, 3.8) is 0 Å². The lowest BCUT2D eigenvalue weighted by molar-refractivity contribution is -0.184. The third kappa shape index (κ3) is 7.58. The Morgan fingerprint density at radius 3 is 2.14 bits per heavy atom. The van der Waals surface area contributed by atoms with E-state index in [1.54, 1.807) is 0 Å². The van der Waals surface area contributed by atoms with Crippen LogP contribution in [-0.2, 0) is 9.59 Å². The minimum Gasteiger partial charge on any atom is -0.353 e.